The number of nitrogens with zero attached hydrogens (tertiary/aromatic N) is 1. The summed E-state index contributed by atoms with van der Waals surface area (Å²) in [5, 5.41) is 8.81. The minimum atomic E-state index is -0.0274. The summed E-state index contributed by atoms with van der Waals surface area (Å²) < 4.78 is 5.27. The first kappa shape index (κ1) is 8.56. The van der Waals surface area contributed by atoms with Crippen LogP contribution in [0, 0.1) is 0 Å². The van der Waals surface area contributed by atoms with Gasteiger partial charge in [-0.2, -0.15) is 0 Å². The molecule has 0 bridgehead atoms. The molecule has 1 heterocycles. The van der Waals surface area contributed by atoms with Crippen LogP contribution in [-0.2, 0) is 4.74 Å². The summed E-state index contributed by atoms with van der Waals surface area (Å²) >= 11 is 0. The molecule has 3 nitrogen and oxygen atoms in total. The minimum absolute atomic E-state index is 0.0274. The van der Waals surface area contributed by atoms with E-state index in [1.54, 1.807) is 0 Å². The molecule has 1 atom stereocenters. The van der Waals surface area contributed by atoms with Gasteiger partial charge in [0.2, 0.25) is 0 Å². The summed E-state index contributed by atoms with van der Waals surface area (Å²) in [5.41, 5.74) is 1.05. The third-order valence-corrected chi connectivity index (χ3v) is 1.88. The van der Waals surface area contributed by atoms with Gasteiger partial charge in [-0.15, -0.1) is 0 Å². The third-order valence-electron chi connectivity index (χ3n) is 1.88. The van der Waals surface area contributed by atoms with Crippen LogP contribution in [-0.4, -0.2) is 42.4 Å². The third kappa shape index (κ3) is 2.20. The molecule has 1 saturated heterocycles. The number of morpholine rings is 1. The lowest BCUT2D eigenvalue weighted by Crippen LogP contribution is -2.42. The fraction of sp³-hybridized carbons (Fsp3) is 0.750. The van der Waals surface area contributed by atoms with E-state index < -0.39 is 0 Å². The van der Waals surface area contributed by atoms with Crippen LogP contribution >= 0.6 is 0 Å². The Morgan fingerprint density at radius 1 is 1.82 bits per heavy atom. The van der Waals surface area contributed by atoms with Crippen molar-refractivity contribution >= 4 is 0 Å². The van der Waals surface area contributed by atoms with E-state index in [0.29, 0.717) is 6.61 Å². The molecule has 1 unspecified atom stereocenters. The molecule has 0 amide bonds. The molecular formula is C8H15NO2. The molecule has 1 N–H and O–H groups in total. The Hall–Kier alpha value is -0.540. The van der Waals surface area contributed by atoms with E-state index in [4.69, 9.17) is 9.84 Å². The van der Waals surface area contributed by atoms with Gasteiger partial charge in [-0.05, 0) is 6.92 Å². The summed E-state index contributed by atoms with van der Waals surface area (Å²) in [7, 11) is 0. The van der Waals surface area contributed by atoms with Crippen molar-refractivity contribution in [1.29, 1.82) is 0 Å². The van der Waals surface area contributed by atoms with Crippen LogP contribution in [0.2, 0.25) is 0 Å². The van der Waals surface area contributed by atoms with Gasteiger partial charge in [-0.1, -0.05) is 6.58 Å². The number of allylic oxidation sites excluding steroid dienone is 1. The number of aliphatic hydroxyl groups is 1. The summed E-state index contributed by atoms with van der Waals surface area (Å²) in [6.45, 7) is 8.27. The summed E-state index contributed by atoms with van der Waals surface area (Å²) in [4.78, 5) is 2.13. The Labute approximate surface area is 67.3 Å². The molecule has 0 aliphatic carbocycles. The van der Waals surface area contributed by atoms with Crippen molar-refractivity contribution in [1.82, 2.24) is 4.90 Å². The highest BCUT2D eigenvalue weighted by Gasteiger charge is 2.18. The summed E-state index contributed by atoms with van der Waals surface area (Å²) in [5.74, 6) is 0. The second kappa shape index (κ2) is 3.74. The van der Waals surface area contributed by atoms with Crippen molar-refractivity contribution in [2.45, 2.75) is 13.0 Å². The second-order valence-electron chi connectivity index (χ2n) is 2.86. The Kier molecular flexibility index (Phi) is 2.91. The number of ether oxygens (including phenoxy) is 1. The second-order valence-corrected chi connectivity index (χ2v) is 2.86. The first-order chi connectivity index (χ1) is 5.24. The normalized spacial score (nSPS) is 25.3. The number of hydrogen-bond acceptors (Lipinski definition) is 3. The lowest BCUT2D eigenvalue weighted by atomic mass is 10.2. The molecule has 0 aromatic rings. The maximum Gasteiger partial charge on any atom is 0.0980 e. The molecule has 3 heteroatoms. The highest BCUT2D eigenvalue weighted by molar-refractivity contribution is 4.91. The van der Waals surface area contributed by atoms with E-state index in [1.165, 1.54) is 0 Å². The standard InChI is InChI=1S/C8H15NO2/c1-7(2)9-3-4-11-8(5-9)6-10/h8,10H,1,3-6H2,2H3. The van der Waals surface area contributed by atoms with Crippen LogP contribution in [0.25, 0.3) is 0 Å². The molecule has 1 aliphatic heterocycles. The van der Waals surface area contributed by atoms with Gasteiger partial charge in [0.1, 0.15) is 0 Å². The van der Waals surface area contributed by atoms with E-state index in [0.717, 1.165) is 18.8 Å². The molecule has 0 radical (unpaired) electrons. The predicted octanol–water partition coefficient (Wildman–Crippen LogP) is 0.213. The summed E-state index contributed by atoms with van der Waals surface area (Å²) in [6, 6.07) is 0. The molecule has 1 rings (SSSR count). The molecule has 0 spiro atoms. The first-order valence-corrected chi connectivity index (χ1v) is 3.87. The van der Waals surface area contributed by atoms with E-state index in [-0.39, 0.29) is 12.7 Å². The van der Waals surface area contributed by atoms with Crippen LogP contribution in [0.15, 0.2) is 12.3 Å². The van der Waals surface area contributed by atoms with Gasteiger partial charge in [-0.25, -0.2) is 0 Å². The zero-order valence-corrected chi connectivity index (χ0v) is 6.92. The summed E-state index contributed by atoms with van der Waals surface area (Å²) in [6.07, 6.45) is -0.0274. The molecular weight excluding hydrogens is 142 g/mol. The van der Waals surface area contributed by atoms with E-state index in [2.05, 4.69) is 11.5 Å². The Balaban J connectivity index is 2.39. The quantitative estimate of drug-likeness (QED) is 0.622. The minimum Gasteiger partial charge on any atom is -0.394 e. The van der Waals surface area contributed by atoms with Crippen molar-refractivity contribution in [3.05, 3.63) is 12.3 Å². The Morgan fingerprint density at radius 2 is 2.55 bits per heavy atom. The highest BCUT2D eigenvalue weighted by atomic mass is 16.5. The van der Waals surface area contributed by atoms with Crippen LogP contribution in [0.5, 0.6) is 0 Å². The highest BCUT2D eigenvalue weighted by Crippen LogP contribution is 2.08. The van der Waals surface area contributed by atoms with Gasteiger partial charge < -0.3 is 14.7 Å². The topological polar surface area (TPSA) is 32.7 Å². The monoisotopic (exact) mass is 157 g/mol. The maximum absolute atomic E-state index is 8.81. The predicted molar refractivity (Wildman–Crippen MR) is 43.2 cm³/mol. The van der Waals surface area contributed by atoms with Gasteiger partial charge in [0.25, 0.3) is 0 Å². The van der Waals surface area contributed by atoms with E-state index in [9.17, 15) is 0 Å². The SMILES string of the molecule is C=C(C)N1CCOC(CO)C1. The fourth-order valence-electron chi connectivity index (χ4n) is 1.18. The molecule has 0 aromatic carbocycles. The number of hydrogen-bond donors (Lipinski definition) is 1. The molecule has 0 aromatic heterocycles. The first-order valence-electron chi connectivity index (χ1n) is 3.87. The lowest BCUT2D eigenvalue weighted by molar-refractivity contribution is -0.0429. The molecule has 0 saturated carbocycles. The van der Waals surface area contributed by atoms with Crippen molar-refractivity contribution in [2.24, 2.45) is 0 Å². The molecule has 64 valence electrons. The van der Waals surface area contributed by atoms with Crippen molar-refractivity contribution in [3.63, 3.8) is 0 Å². The largest absolute Gasteiger partial charge is 0.394 e. The van der Waals surface area contributed by atoms with Gasteiger partial charge in [0.15, 0.2) is 0 Å². The maximum atomic E-state index is 8.81. The lowest BCUT2D eigenvalue weighted by Gasteiger charge is -2.33. The number of aliphatic hydroxyl groups excluding tert-OH is 1. The average Bonchev–Trinajstić information content (AvgIpc) is 2.05. The Morgan fingerprint density at radius 3 is 3.09 bits per heavy atom. The fourth-order valence-corrected chi connectivity index (χ4v) is 1.18. The average molecular weight is 157 g/mol. The Bertz CT molecular complexity index is 147. The van der Waals surface area contributed by atoms with Crippen molar-refractivity contribution < 1.29 is 9.84 Å². The zero-order chi connectivity index (χ0) is 8.27. The van der Waals surface area contributed by atoms with Gasteiger partial charge in [-0.3, -0.25) is 0 Å². The zero-order valence-electron chi connectivity index (χ0n) is 6.92. The van der Waals surface area contributed by atoms with Crippen LogP contribution in [0.1, 0.15) is 6.92 Å². The van der Waals surface area contributed by atoms with Crippen LogP contribution in [0.3, 0.4) is 0 Å². The van der Waals surface area contributed by atoms with Gasteiger partial charge >= 0.3 is 0 Å². The molecule has 1 fully saturated rings. The molecule has 11 heavy (non-hydrogen) atoms. The van der Waals surface area contributed by atoms with Crippen LogP contribution < -0.4 is 0 Å². The molecule has 1 aliphatic rings. The van der Waals surface area contributed by atoms with E-state index >= 15 is 0 Å². The van der Waals surface area contributed by atoms with Crippen molar-refractivity contribution in [2.75, 3.05) is 26.3 Å². The van der Waals surface area contributed by atoms with Gasteiger partial charge in [0, 0.05) is 18.8 Å². The van der Waals surface area contributed by atoms with Crippen LogP contribution in [0.4, 0.5) is 0 Å². The van der Waals surface area contributed by atoms with E-state index in [1.807, 2.05) is 6.92 Å². The van der Waals surface area contributed by atoms with Crippen molar-refractivity contribution in [3.8, 4) is 0 Å². The number of rotatable bonds is 2. The van der Waals surface area contributed by atoms with Gasteiger partial charge in [0.05, 0.1) is 19.3 Å². The smallest absolute Gasteiger partial charge is 0.0980 e.